The van der Waals surface area contributed by atoms with E-state index in [0.717, 1.165) is 32.2 Å². The second-order valence-corrected chi connectivity index (χ2v) is 6.43. The molecule has 108 valence electrons. The molecule has 1 heterocycles. The highest BCUT2D eigenvalue weighted by Crippen LogP contribution is 2.33. The number of rotatable bonds is 7. The first-order chi connectivity index (χ1) is 8.54. The van der Waals surface area contributed by atoms with E-state index in [0.29, 0.717) is 5.41 Å². The summed E-state index contributed by atoms with van der Waals surface area (Å²) in [4.78, 5) is 2.59. The van der Waals surface area contributed by atoms with Gasteiger partial charge in [0, 0.05) is 26.2 Å². The molecule has 1 saturated heterocycles. The summed E-state index contributed by atoms with van der Waals surface area (Å²) in [6.07, 6.45) is 2.73. The summed E-state index contributed by atoms with van der Waals surface area (Å²) in [6, 6.07) is 0. The van der Waals surface area contributed by atoms with Crippen LogP contribution >= 0.6 is 0 Å². The highest BCUT2D eigenvalue weighted by atomic mass is 16.5. The fourth-order valence-electron chi connectivity index (χ4n) is 2.67. The van der Waals surface area contributed by atoms with Crippen molar-refractivity contribution < 1.29 is 4.74 Å². The van der Waals surface area contributed by atoms with Crippen molar-refractivity contribution in [3.63, 3.8) is 0 Å². The molecule has 3 nitrogen and oxygen atoms in total. The monoisotopic (exact) mass is 256 g/mol. The van der Waals surface area contributed by atoms with Crippen LogP contribution in [0.3, 0.4) is 0 Å². The number of piperidine rings is 1. The number of hydrogen-bond acceptors (Lipinski definition) is 3. The summed E-state index contributed by atoms with van der Waals surface area (Å²) in [5, 5.41) is 3.44. The van der Waals surface area contributed by atoms with Crippen LogP contribution in [-0.4, -0.2) is 50.8 Å². The van der Waals surface area contributed by atoms with Crippen LogP contribution in [0.2, 0.25) is 0 Å². The molecular formula is C15H32N2O. The van der Waals surface area contributed by atoms with Gasteiger partial charge in [-0.1, -0.05) is 20.8 Å². The van der Waals surface area contributed by atoms with Crippen molar-refractivity contribution in [2.45, 2.75) is 40.5 Å². The van der Waals surface area contributed by atoms with E-state index in [9.17, 15) is 0 Å². The molecule has 0 radical (unpaired) electrons. The van der Waals surface area contributed by atoms with Gasteiger partial charge in [0.25, 0.3) is 0 Å². The Morgan fingerprint density at radius 1 is 1.17 bits per heavy atom. The average molecular weight is 256 g/mol. The number of nitrogens with one attached hydrogen (secondary N) is 1. The van der Waals surface area contributed by atoms with Gasteiger partial charge in [0.2, 0.25) is 0 Å². The Morgan fingerprint density at radius 2 is 1.83 bits per heavy atom. The molecular weight excluding hydrogens is 224 g/mol. The Hall–Kier alpha value is -0.120. The van der Waals surface area contributed by atoms with Crippen molar-refractivity contribution in [1.82, 2.24) is 10.2 Å². The zero-order valence-electron chi connectivity index (χ0n) is 12.8. The highest BCUT2D eigenvalue weighted by Gasteiger charge is 2.28. The predicted octanol–water partition coefficient (Wildman–Crippen LogP) is 2.37. The Kier molecular flexibility index (Phi) is 7.20. The molecule has 0 spiro atoms. The largest absolute Gasteiger partial charge is 0.380 e. The molecule has 0 atom stereocenters. The molecule has 0 aromatic heterocycles. The molecule has 0 aliphatic carbocycles. The van der Waals surface area contributed by atoms with E-state index in [1.807, 2.05) is 6.92 Å². The van der Waals surface area contributed by atoms with Crippen LogP contribution in [0, 0.1) is 11.3 Å². The van der Waals surface area contributed by atoms with Crippen LogP contribution in [0.25, 0.3) is 0 Å². The van der Waals surface area contributed by atoms with Gasteiger partial charge in [-0.15, -0.1) is 0 Å². The fourth-order valence-corrected chi connectivity index (χ4v) is 2.67. The first-order valence-corrected chi connectivity index (χ1v) is 7.55. The van der Waals surface area contributed by atoms with Crippen LogP contribution in [0.4, 0.5) is 0 Å². The Labute approximate surface area is 113 Å². The minimum atomic E-state index is 0.488. The van der Waals surface area contributed by atoms with Crippen LogP contribution in [0.15, 0.2) is 0 Å². The summed E-state index contributed by atoms with van der Waals surface area (Å²) >= 11 is 0. The molecule has 0 saturated carbocycles. The van der Waals surface area contributed by atoms with E-state index in [1.165, 1.54) is 32.5 Å². The minimum Gasteiger partial charge on any atom is -0.380 e. The highest BCUT2D eigenvalue weighted by molar-refractivity contribution is 4.80. The van der Waals surface area contributed by atoms with Gasteiger partial charge < -0.3 is 15.0 Å². The van der Waals surface area contributed by atoms with Crippen molar-refractivity contribution in [3.8, 4) is 0 Å². The van der Waals surface area contributed by atoms with Gasteiger partial charge in [0.05, 0.1) is 6.61 Å². The maximum atomic E-state index is 5.30. The summed E-state index contributed by atoms with van der Waals surface area (Å²) in [5.41, 5.74) is 0.488. The lowest BCUT2D eigenvalue weighted by molar-refractivity contribution is 0.111. The maximum Gasteiger partial charge on any atom is 0.0590 e. The first kappa shape index (κ1) is 15.9. The third kappa shape index (κ3) is 6.17. The van der Waals surface area contributed by atoms with Gasteiger partial charge >= 0.3 is 0 Å². The smallest absolute Gasteiger partial charge is 0.0590 e. The molecule has 1 N–H and O–H groups in total. The zero-order valence-corrected chi connectivity index (χ0v) is 12.8. The van der Waals surface area contributed by atoms with Crippen LogP contribution < -0.4 is 5.32 Å². The molecule has 3 heteroatoms. The number of likely N-dealkylation sites (tertiary alicyclic amines) is 1. The second kappa shape index (κ2) is 8.13. The van der Waals surface area contributed by atoms with Gasteiger partial charge in [-0.2, -0.15) is 0 Å². The zero-order chi connectivity index (χ0) is 13.4. The average Bonchev–Trinajstić information content (AvgIpc) is 2.33. The third-order valence-corrected chi connectivity index (χ3v) is 4.04. The van der Waals surface area contributed by atoms with Gasteiger partial charge in [0.15, 0.2) is 0 Å². The Morgan fingerprint density at radius 3 is 2.39 bits per heavy atom. The number of ether oxygens (including phenoxy) is 1. The summed E-state index contributed by atoms with van der Waals surface area (Å²) in [5.74, 6) is 0.902. The van der Waals surface area contributed by atoms with Crippen molar-refractivity contribution in [3.05, 3.63) is 0 Å². The first-order valence-electron chi connectivity index (χ1n) is 7.55. The maximum absolute atomic E-state index is 5.30. The van der Waals surface area contributed by atoms with E-state index >= 15 is 0 Å². The molecule has 18 heavy (non-hydrogen) atoms. The molecule has 0 unspecified atom stereocenters. The predicted molar refractivity (Wildman–Crippen MR) is 78.0 cm³/mol. The topological polar surface area (TPSA) is 24.5 Å². The normalized spacial score (nSPS) is 19.3. The molecule has 0 aromatic carbocycles. The summed E-state index contributed by atoms with van der Waals surface area (Å²) < 4.78 is 5.30. The number of nitrogens with zero attached hydrogens (tertiary/aromatic N) is 1. The lowest BCUT2D eigenvalue weighted by Gasteiger charge is -2.38. The van der Waals surface area contributed by atoms with E-state index in [4.69, 9.17) is 4.74 Å². The van der Waals surface area contributed by atoms with E-state index < -0.39 is 0 Å². The van der Waals surface area contributed by atoms with Crippen LogP contribution in [-0.2, 0) is 4.74 Å². The van der Waals surface area contributed by atoms with E-state index in [2.05, 4.69) is 31.0 Å². The SMILES string of the molecule is CCOCCNCCN1CCC(C(C)(C)C)CC1. The quantitative estimate of drug-likeness (QED) is 0.708. The van der Waals surface area contributed by atoms with Crippen molar-refractivity contribution in [2.24, 2.45) is 11.3 Å². The van der Waals surface area contributed by atoms with E-state index in [-0.39, 0.29) is 0 Å². The van der Waals surface area contributed by atoms with Gasteiger partial charge in [0.1, 0.15) is 0 Å². The van der Waals surface area contributed by atoms with Crippen molar-refractivity contribution in [1.29, 1.82) is 0 Å². The minimum absolute atomic E-state index is 0.488. The van der Waals surface area contributed by atoms with Gasteiger partial charge in [-0.25, -0.2) is 0 Å². The van der Waals surface area contributed by atoms with E-state index in [1.54, 1.807) is 0 Å². The van der Waals surface area contributed by atoms with Crippen LogP contribution in [0.5, 0.6) is 0 Å². The Balaban J connectivity index is 2.02. The molecule has 1 rings (SSSR count). The Bertz CT molecular complexity index is 205. The standard InChI is InChI=1S/C15H32N2O/c1-5-18-13-9-16-8-12-17-10-6-14(7-11-17)15(2,3)4/h14,16H,5-13H2,1-4H3. The molecule has 1 fully saturated rings. The number of hydrogen-bond donors (Lipinski definition) is 1. The van der Waals surface area contributed by atoms with Gasteiger partial charge in [-0.05, 0) is 44.2 Å². The fraction of sp³-hybridized carbons (Fsp3) is 1.00. The van der Waals surface area contributed by atoms with Crippen LogP contribution in [0.1, 0.15) is 40.5 Å². The van der Waals surface area contributed by atoms with Crippen molar-refractivity contribution >= 4 is 0 Å². The summed E-state index contributed by atoms with van der Waals surface area (Å²) in [6.45, 7) is 16.6. The third-order valence-electron chi connectivity index (χ3n) is 4.04. The van der Waals surface area contributed by atoms with Gasteiger partial charge in [-0.3, -0.25) is 0 Å². The lowest BCUT2D eigenvalue weighted by atomic mass is 9.75. The molecule has 1 aliphatic heterocycles. The molecule has 0 bridgehead atoms. The second-order valence-electron chi connectivity index (χ2n) is 6.43. The molecule has 0 aromatic rings. The van der Waals surface area contributed by atoms with Crippen molar-refractivity contribution in [2.75, 3.05) is 45.9 Å². The molecule has 1 aliphatic rings. The lowest BCUT2D eigenvalue weighted by Crippen LogP contribution is -2.41. The molecule has 0 amide bonds. The summed E-state index contributed by atoms with van der Waals surface area (Å²) in [7, 11) is 0.